The van der Waals surface area contributed by atoms with Gasteiger partial charge >= 0.3 is 0 Å². The number of halogens is 5. The van der Waals surface area contributed by atoms with E-state index in [4.69, 9.17) is 47.0 Å². The van der Waals surface area contributed by atoms with E-state index in [1.807, 2.05) is 38.1 Å². The highest BCUT2D eigenvalue weighted by molar-refractivity contribution is 9.11. The Bertz CT molecular complexity index is 889. The molecule has 28 heavy (non-hydrogen) atoms. The molecule has 0 spiro atoms. The largest absolute Gasteiger partial charge is 0.339 e. The number of carbonyl (C=O) groups is 1. The molecule has 150 valence electrons. The molecule has 3 N–H and O–H groups in total. The van der Waals surface area contributed by atoms with Gasteiger partial charge in [0.1, 0.15) is 6.17 Å². The number of nitrogens with one attached hydrogen (secondary N) is 3. The molecule has 1 amide bonds. The number of rotatable bonds is 4. The number of benzene rings is 2. The van der Waals surface area contributed by atoms with Gasteiger partial charge in [-0.2, -0.15) is 0 Å². The highest BCUT2D eigenvalue weighted by Gasteiger charge is 2.35. The molecule has 0 aromatic heterocycles. The SMILES string of the molecule is Cc1ccc(C(=O)N[C@H](NC(=S)Nc2cc(C)c(Br)cc2Br)C(Cl)(Cl)Cl)cc1. The molecule has 2 aromatic rings. The third-order valence-electron chi connectivity index (χ3n) is 3.69. The van der Waals surface area contributed by atoms with Gasteiger partial charge in [-0.05, 0) is 71.8 Å². The van der Waals surface area contributed by atoms with Gasteiger partial charge in [0.25, 0.3) is 5.91 Å². The molecule has 0 saturated carbocycles. The fraction of sp³-hybridized carbons (Fsp3) is 0.222. The number of carbonyl (C=O) groups excluding carboxylic acids is 1. The van der Waals surface area contributed by atoms with Crippen molar-refractivity contribution in [2.24, 2.45) is 0 Å². The Kier molecular flexibility index (Phi) is 8.43. The van der Waals surface area contributed by atoms with Gasteiger partial charge in [0, 0.05) is 14.5 Å². The molecule has 0 radical (unpaired) electrons. The van der Waals surface area contributed by atoms with Crippen LogP contribution in [-0.2, 0) is 0 Å². The van der Waals surface area contributed by atoms with E-state index < -0.39 is 15.9 Å². The van der Waals surface area contributed by atoms with E-state index >= 15 is 0 Å². The van der Waals surface area contributed by atoms with Crippen LogP contribution in [0.25, 0.3) is 0 Å². The number of anilines is 1. The van der Waals surface area contributed by atoms with Crippen molar-refractivity contribution in [1.82, 2.24) is 10.6 Å². The molecule has 4 nitrogen and oxygen atoms in total. The van der Waals surface area contributed by atoms with Crippen molar-refractivity contribution in [3.63, 3.8) is 0 Å². The Morgan fingerprint density at radius 2 is 1.64 bits per heavy atom. The minimum atomic E-state index is -1.83. The molecule has 2 rings (SSSR count). The highest BCUT2D eigenvalue weighted by Crippen LogP contribution is 2.31. The summed E-state index contributed by atoms with van der Waals surface area (Å²) in [5, 5.41) is 8.70. The van der Waals surface area contributed by atoms with E-state index in [2.05, 4.69) is 47.8 Å². The molecular weight excluding hydrogens is 572 g/mol. The van der Waals surface area contributed by atoms with Crippen LogP contribution < -0.4 is 16.0 Å². The Balaban J connectivity index is 2.11. The zero-order valence-electron chi connectivity index (χ0n) is 14.7. The minimum Gasteiger partial charge on any atom is -0.339 e. The number of thiocarbonyl (C=S) groups is 1. The van der Waals surface area contributed by atoms with Crippen molar-refractivity contribution in [1.29, 1.82) is 0 Å². The molecule has 0 fully saturated rings. The van der Waals surface area contributed by atoms with Gasteiger partial charge in [0.2, 0.25) is 3.79 Å². The van der Waals surface area contributed by atoms with Crippen LogP contribution in [0.1, 0.15) is 21.5 Å². The van der Waals surface area contributed by atoms with E-state index in [0.717, 1.165) is 25.8 Å². The number of amides is 1. The smallest absolute Gasteiger partial charge is 0.252 e. The standard InChI is InChI=1S/C18H16Br2Cl3N3OS/c1-9-3-5-11(6-4-9)15(27)25-16(18(21,22)23)26-17(28)24-14-7-10(2)12(19)8-13(14)20/h3-8,16H,1-2H3,(H,25,27)(H2,24,26,28)/t16-/m1/s1. The lowest BCUT2D eigenvalue weighted by atomic mass is 10.1. The van der Waals surface area contributed by atoms with E-state index in [1.54, 1.807) is 12.1 Å². The third kappa shape index (κ3) is 6.75. The average molecular weight is 589 g/mol. The predicted octanol–water partition coefficient (Wildman–Crippen LogP) is 6.24. The Labute approximate surface area is 200 Å². The van der Waals surface area contributed by atoms with Crippen LogP contribution in [0.2, 0.25) is 0 Å². The maximum absolute atomic E-state index is 12.5. The van der Waals surface area contributed by atoms with Crippen LogP contribution in [0.5, 0.6) is 0 Å². The van der Waals surface area contributed by atoms with E-state index in [-0.39, 0.29) is 5.11 Å². The van der Waals surface area contributed by atoms with Crippen molar-refractivity contribution in [2.45, 2.75) is 23.8 Å². The quantitative estimate of drug-likeness (QED) is 0.225. The van der Waals surface area contributed by atoms with Gasteiger partial charge in [-0.15, -0.1) is 0 Å². The van der Waals surface area contributed by atoms with Crippen LogP contribution >= 0.6 is 78.9 Å². The maximum Gasteiger partial charge on any atom is 0.252 e. The van der Waals surface area contributed by atoms with Gasteiger partial charge in [-0.1, -0.05) is 68.4 Å². The molecule has 0 heterocycles. The zero-order chi connectivity index (χ0) is 21.1. The van der Waals surface area contributed by atoms with Crippen LogP contribution in [-0.4, -0.2) is 21.0 Å². The first-order chi connectivity index (χ1) is 13.0. The van der Waals surface area contributed by atoms with Gasteiger partial charge in [0.15, 0.2) is 5.11 Å². The summed E-state index contributed by atoms with van der Waals surface area (Å²) in [5.41, 5.74) is 3.22. The molecule has 1 atom stereocenters. The molecule has 0 aliphatic carbocycles. The summed E-state index contributed by atoms with van der Waals surface area (Å²) >= 11 is 30.3. The monoisotopic (exact) mass is 585 g/mol. The van der Waals surface area contributed by atoms with Crippen LogP contribution in [0.15, 0.2) is 45.3 Å². The maximum atomic E-state index is 12.5. The van der Waals surface area contributed by atoms with Crippen LogP contribution in [0.3, 0.4) is 0 Å². The molecule has 10 heteroatoms. The Hall–Kier alpha value is -0.570. The van der Waals surface area contributed by atoms with Crippen molar-refractivity contribution < 1.29 is 4.79 Å². The Morgan fingerprint density at radius 1 is 1.04 bits per heavy atom. The lowest BCUT2D eigenvalue weighted by molar-refractivity contribution is 0.0934. The van der Waals surface area contributed by atoms with E-state index in [0.29, 0.717) is 5.56 Å². The third-order valence-corrected chi connectivity index (χ3v) is 6.07. The number of hydrogen-bond donors (Lipinski definition) is 3. The van der Waals surface area contributed by atoms with E-state index in [1.165, 1.54) is 0 Å². The number of alkyl halides is 3. The first kappa shape index (κ1) is 23.7. The topological polar surface area (TPSA) is 53.2 Å². The summed E-state index contributed by atoms with van der Waals surface area (Å²) in [7, 11) is 0. The van der Waals surface area contributed by atoms with Gasteiger partial charge < -0.3 is 16.0 Å². The fourth-order valence-corrected chi connectivity index (χ4v) is 3.81. The van der Waals surface area contributed by atoms with Gasteiger partial charge in [-0.3, -0.25) is 4.79 Å². The molecule has 0 bridgehead atoms. The molecule has 0 saturated heterocycles. The second kappa shape index (κ2) is 9.96. The number of hydrogen-bond acceptors (Lipinski definition) is 2. The summed E-state index contributed by atoms with van der Waals surface area (Å²) in [4.78, 5) is 12.5. The second-order valence-electron chi connectivity index (χ2n) is 5.99. The highest BCUT2D eigenvalue weighted by atomic mass is 79.9. The average Bonchev–Trinajstić information content (AvgIpc) is 2.58. The van der Waals surface area contributed by atoms with Crippen LogP contribution in [0.4, 0.5) is 5.69 Å². The first-order valence-electron chi connectivity index (χ1n) is 7.95. The molecule has 0 unspecified atom stereocenters. The van der Waals surface area contributed by atoms with Gasteiger partial charge in [-0.25, -0.2) is 0 Å². The van der Waals surface area contributed by atoms with E-state index in [9.17, 15) is 4.79 Å². The summed E-state index contributed by atoms with van der Waals surface area (Å²) in [5.74, 6) is -0.396. The lowest BCUT2D eigenvalue weighted by Gasteiger charge is -2.28. The molecular formula is C18H16Br2Cl3N3OS. The van der Waals surface area contributed by atoms with Crippen molar-refractivity contribution >= 4 is 95.6 Å². The number of aryl methyl sites for hydroxylation is 2. The van der Waals surface area contributed by atoms with Crippen LogP contribution in [0, 0.1) is 13.8 Å². The van der Waals surface area contributed by atoms with Gasteiger partial charge in [0.05, 0.1) is 5.69 Å². The normalized spacial score (nSPS) is 12.2. The minimum absolute atomic E-state index is 0.183. The Morgan fingerprint density at radius 3 is 2.21 bits per heavy atom. The summed E-state index contributed by atoms with van der Waals surface area (Å²) < 4.78 is -0.0875. The summed E-state index contributed by atoms with van der Waals surface area (Å²) in [6.07, 6.45) is -1.05. The molecule has 2 aromatic carbocycles. The lowest BCUT2D eigenvalue weighted by Crippen LogP contribution is -2.56. The van der Waals surface area contributed by atoms with Crippen molar-refractivity contribution in [3.05, 3.63) is 62.0 Å². The molecule has 0 aliphatic rings. The fourth-order valence-electron chi connectivity index (χ4n) is 2.16. The summed E-state index contributed by atoms with van der Waals surface area (Å²) in [6, 6.07) is 10.8. The predicted molar refractivity (Wildman–Crippen MR) is 129 cm³/mol. The summed E-state index contributed by atoms with van der Waals surface area (Å²) in [6.45, 7) is 3.88. The second-order valence-corrected chi connectivity index (χ2v) is 10.5. The molecule has 0 aliphatic heterocycles. The first-order valence-corrected chi connectivity index (χ1v) is 11.1. The van der Waals surface area contributed by atoms with Crippen molar-refractivity contribution in [3.8, 4) is 0 Å². The zero-order valence-corrected chi connectivity index (χ0v) is 21.0. The van der Waals surface area contributed by atoms with Crippen molar-refractivity contribution in [2.75, 3.05) is 5.32 Å².